The van der Waals surface area contributed by atoms with Crippen molar-refractivity contribution in [2.45, 2.75) is 13.0 Å². The molecule has 0 aliphatic carbocycles. The predicted molar refractivity (Wildman–Crippen MR) is 104 cm³/mol. The molecule has 0 spiro atoms. The summed E-state index contributed by atoms with van der Waals surface area (Å²) in [7, 11) is 0. The number of nitrogens with one attached hydrogen (secondary N) is 1. The van der Waals surface area contributed by atoms with Gasteiger partial charge >= 0.3 is 0 Å². The minimum Gasteiger partial charge on any atom is -0.490 e. The Bertz CT molecular complexity index is 1120. The highest BCUT2D eigenvalue weighted by atomic mass is 35.5. The molecular formula is C20H16ClF2N3O3. The fourth-order valence-corrected chi connectivity index (χ4v) is 3.16. The third-order valence-electron chi connectivity index (χ3n) is 4.38. The standard InChI is InChI=1S/C20H16ClF2N3O3/c21-18-15(11-25-26(20(18)27)16-6-5-13(22)9-14(16)23)24-10-12-3-1-4-17-19(12)29-8-2-7-28-17/h1,3-6,9,11,24H,2,7-8,10H2. The average Bonchev–Trinajstić information content (AvgIpc) is 2.96. The monoisotopic (exact) mass is 419 g/mol. The zero-order valence-electron chi connectivity index (χ0n) is 15.1. The number of hydrogen-bond donors (Lipinski definition) is 1. The molecule has 1 N–H and O–H groups in total. The van der Waals surface area contributed by atoms with Gasteiger partial charge in [0.25, 0.3) is 5.56 Å². The molecule has 0 atom stereocenters. The summed E-state index contributed by atoms with van der Waals surface area (Å²) in [5, 5.41) is 6.84. The van der Waals surface area contributed by atoms with E-state index in [0.717, 1.165) is 28.8 Å². The number of halogens is 3. The maximum atomic E-state index is 14.0. The van der Waals surface area contributed by atoms with Crippen LogP contribution in [-0.2, 0) is 6.54 Å². The third-order valence-corrected chi connectivity index (χ3v) is 4.74. The van der Waals surface area contributed by atoms with Crippen molar-refractivity contribution in [3.05, 3.63) is 75.2 Å². The van der Waals surface area contributed by atoms with Gasteiger partial charge in [-0.25, -0.2) is 8.78 Å². The molecule has 150 valence electrons. The summed E-state index contributed by atoms with van der Waals surface area (Å²) >= 11 is 6.18. The van der Waals surface area contributed by atoms with Crippen LogP contribution in [0.1, 0.15) is 12.0 Å². The van der Waals surface area contributed by atoms with Gasteiger partial charge in [0.15, 0.2) is 17.3 Å². The first-order valence-electron chi connectivity index (χ1n) is 8.89. The van der Waals surface area contributed by atoms with Crippen LogP contribution in [0.5, 0.6) is 11.5 Å². The van der Waals surface area contributed by atoms with Crippen LogP contribution < -0.4 is 20.3 Å². The molecule has 1 aliphatic rings. The minimum atomic E-state index is -0.916. The molecule has 9 heteroatoms. The highest BCUT2D eigenvalue weighted by Crippen LogP contribution is 2.33. The number of nitrogens with zero attached hydrogens (tertiary/aromatic N) is 2. The van der Waals surface area contributed by atoms with Crippen LogP contribution in [0.2, 0.25) is 5.02 Å². The van der Waals surface area contributed by atoms with Crippen molar-refractivity contribution in [1.82, 2.24) is 9.78 Å². The van der Waals surface area contributed by atoms with Gasteiger partial charge in [0.05, 0.1) is 25.1 Å². The molecule has 0 fully saturated rings. The molecule has 0 saturated heterocycles. The summed E-state index contributed by atoms with van der Waals surface area (Å²) in [6.45, 7) is 1.44. The summed E-state index contributed by atoms with van der Waals surface area (Å²) in [5.41, 5.74) is 0.189. The molecule has 0 radical (unpaired) electrons. The van der Waals surface area contributed by atoms with Crippen LogP contribution in [0.4, 0.5) is 14.5 Å². The van der Waals surface area contributed by atoms with Gasteiger partial charge in [-0.3, -0.25) is 4.79 Å². The number of para-hydroxylation sites is 1. The summed E-state index contributed by atoms with van der Waals surface area (Å²) < 4.78 is 39.3. The van der Waals surface area contributed by atoms with E-state index >= 15 is 0 Å². The summed E-state index contributed by atoms with van der Waals surface area (Å²) in [6, 6.07) is 8.38. The van der Waals surface area contributed by atoms with Crippen molar-refractivity contribution in [1.29, 1.82) is 0 Å². The topological polar surface area (TPSA) is 65.4 Å². The zero-order valence-corrected chi connectivity index (χ0v) is 15.9. The lowest BCUT2D eigenvalue weighted by Crippen LogP contribution is -2.23. The van der Waals surface area contributed by atoms with E-state index < -0.39 is 17.2 Å². The van der Waals surface area contributed by atoms with Crippen LogP contribution in [0.3, 0.4) is 0 Å². The number of hydrogen-bond acceptors (Lipinski definition) is 5. The normalized spacial score (nSPS) is 13.1. The van der Waals surface area contributed by atoms with E-state index in [1.54, 1.807) is 0 Å². The highest BCUT2D eigenvalue weighted by Gasteiger charge is 2.17. The number of ether oxygens (including phenoxy) is 2. The van der Waals surface area contributed by atoms with Crippen LogP contribution in [0.15, 0.2) is 47.4 Å². The SMILES string of the molecule is O=c1c(Cl)c(NCc2cccc3c2OCCCO3)cnn1-c1ccc(F)cc1F. The van der Waals surface area contributed by atoms with Gasteiger partial charge in [-0.15, -0.1) is 0 Å². The summed E-state index contributed by atoms with van der Waals surface area (Å²) in [6.07, 6.45) is 2.10. The van der Waals surface area contributed by atoms with Gasteiger partial charge < -0.3 is 14.8 Å². The highest BCUT2D eigenvalue weighted by molar-refractivity contribution is 6.32. The van der Waals surface area contributed by atoms with Crippen LogP contribution >= 0.6 is 11.6 Å². The number of aromatic nitrogens is 2. The Morgan fingerprint density at radius 3 is 2.83 bits per heavy atom. The molecule has 4 rings (SSSR count). The molecule has 0 saturated carbocycles. The van der Waals surface area contributed by atoms with E-state index in [1.807, 2.05) is 18.2 Å². The Hall–Kier alpha value is -3.13. The lowest BCUT2D eigenvalue weighted by Gasteiger charge is -2.14. The quantitative estimate of drug-likeness (QED) is 0.694. The lowest BCUT2D eigenvalue weighted by atomic mass is 10.2. The Morgan fingerprint density at radius 1 is 1.17 bits per heavy atom. The molecule has 3 aromatic rings. The van der Waals surface area contributed by atoms with E-state index in [0.29, 0.717) is 37.3 Å². The Kier molecular flexibility index (Phi) is 5.35. The molecule has 2 heterocycles. The summed E-state index contributed by atoms with van der Waals surface area (Å²) in [5.74, 6) is -0.367. The second-order valence-corrected chi connectivity index (χ2v) is 6.71. The first-order chi connectivity index (χ1) is 14.0. The van der Waals surface area contributed by atoms with Gasteiger partial charge in [-0.05, 0) is 18.2 Å². The second-order valence-electron chi connectivity index (χ2n) is 6.33. The smallest absolute Gasteiger partial charge is 0.292 e. The van der Waals surface area contributed by atoms with Crippen molar-refractivity contribution < 1.29 is 18.3 Å². The third kappa shape index (κ3) is 3.88. The number of anilines is 1. The fraction of sp³-hybridized carbons (Fsp3) is 0.200. The van der Waals surface area contributed by atoms with Crippen molar-refractivity contribution in [3.63, 3.8) is 0 Å². The van der Waals surface area contributed by atoms with Gasteiger partial charge in [0, 0.05) is 24.6 Å². The second kappa shape index (κ2) is 8.08. The first kappa shape index (κ1) is 19.2. The van der Waals surface area contributed by atoms with Crippen molar-refractivity contribution in [3.8, 4) is 17.2 Å². The molecule has 0 bridgehead atoms. The average molecular weight is 420 g/mol. The van der Waals surface area contributed by atoms with Crippen molar-refractivity contribution in [2.75, 3.05) is 18.5 Å². The largest absolute Gasteiger partial charge is 0.490 e. The zero-order chi connectivity index (χ0) is 20.4. The maximum Gasteiger partial charge on any atom is 0.292 e. The number of benzene rings is 2. The predicted octanol–water partition coefficient (Wildman–Crippen LogP) is 3.94. The molecule has 1 aliphatic heterocycles. The Morgan fingerprint density at radius 2 is 2.00 bits per heavy atom. The van der Waals surface area contributed by atoms with E-state index in [-0.39, 0.29) is 16.4 Å². The summed E-state index contributed by atoms with van der Waals surface area (Å²) in [4.78, 5) is 12.5. The van der Waals surface area contributed by atoms with E-state index in [4.69, 9.17) is 21.1 Å². The molecule has 1 aromatic heterocycles. The van der Waals surface area contributed by atoms with Gasteiger partial charge in [-0.1, -0.05) is 23.7 Å². The molecule has 0 unspecified atom stereocenters. The van der Waals surface area contributed by atoms with Gasteiger partial charge in [-0.2, -0.15) is 9.78 Å². The Labute approximate surface area is 169 Å². The lowest BCUT2D eigenvalue weighted by molar-refractivity contribution is 0.296. The van der Waals surface area contributed by atoms with Crippen LogP contribution in [0, 0.1) is 11.6 Å². The number of rotatable bonds is 4. The van der Waals surface area contributed by atoms with Crippen molar-refractivity contribution in [2.24, 2.45) is 0 Å². The maximum absolute atomic E-state index is 14.0. The number of fused-ring (bicyclic) bond motifs is 1. The van der Waals surface area contributed by atoms with Gasteiger partial charge in [0.1, 0.15) is 16.5 Å². The molecule has 2 aromatic carbocycles. The molecule has 0 amide bonds. The van der Waals surface area contributed by atoms with E-state index in [2.05, 4.69) is 10.4 Å². The molecule has 29 heavy (non-hydrogen) atoms. The van der Waals surface area contributed by atoms with E-state index in [9.17, 15) is 13.6 Å². The fourth-order valence-electron chi connectivity index (χ4n) is 2.96. The molecular weight excluding hydrogens is 404 g/mol. The van der Waals surface area contributed by atoms with Gasteiger partial charge in [0.2, 0.25) is 0 Å². The van der Waals surface area contributed by atoms with Crippen LogP contribution in [-0.4, -0.2) is 23.0 Å². The first-order valence-corrected chi connectivity index (χ1v) is 9.27. The van der Waals surface area contributed by atoms with Crippen LogP contribution in [0.25, 0.3) is 5.69 Å². The Balaban J connectivity index is 1.60. The van der Waals surface area contributed by atoms with E-state index in [1.165, 1.54) is 6.20 Å². The van der Waals surface area contributed by atoms with Crippen molar-refractivity contribution >= 4 is 17.3 Å². The molecule has 6 nitrogen and oxygen atoms in total. The minimum absolute atomic E-state index is 0.164.